The molecular weight excluding hydrogens is 244 g/mol. The van der Waals surface area contributed by atoms with Gasteiger partial charge in [0.05, 0.1) is 6.20 Å². The first-order valence-electron chi connectivity index (χ1n) is 5.67. The summed E-state index contributed by atoms with van der Waals surface area (Å²) in [4.78, 5) is 28.0. The standard InChI is InChI=1S/C13H10N4O2/c18-12(9-4-2-1-3-5-9)16-10-8-14-11-6-7-15-17(11)13(10)19/h1-8,15H,(H,16,18). The second-order valence-corrected chi connectivity index (χ2v) is 3.95. The van der Waals surface area contributed by atoms with Gasteiger partial charge in [-0.05, 0) is 12.1 Å². The molecule has 6 heteroatoms. The lowest BCUT2D eigenvalue weighted by Gasteiger charge is -2.04. The first kappa shape index (κ1) is 11.2. The molecule has 3 rings (SSSR count). The van der Waals surface area contributed by atoms with Crippen LogP contribution in [-0.2, 0) is 0 Å². The number of amides is 1. The van der Waals surface area contributed by atoms with Crippen molar-refractivity contribution in [3.63, 3.8) is 0 Å². The molecule has 0 aliphatic carbocycles. The average Bonchev–Trinajstić information content (AvgIpc) is 2.92. The SMILES string of the molecule is O=C(Nc1cnc2cc[nH]n2c1=O)c1ccccc1. The Bertz CT molecular complexity index is 789. The van der Waals surface area contributed by atoms with Crippen LogP contribution in [0.15, 0.2) is 53.6 Å². The van der Waals surface area contributed by atoms with E-state index in [1.54, 1.807) is 36.5 Å². The van der Waals surface area contributed by atoms with Crippen LogP contribution in [0.25, 0.3) is 5.65 Å². The Morgan fingerprint density at radius 3 is 2.79 bits per heavy atom. The van der Waals surface area contributed by atoms with Gasteiger partial charge in [0.25, 0.3) is 11.5 Å². The molecule has 0 spiro atoms. The van der Waals surface area contributed by atoms with Gasteiger partial charge in [0.2, 0.25) is 0 Å². The Kier molecular flexibility index (Phi) is 2.60. The maximum Gasteiger partial charge on any atom is 0.296 e. The van der Waals surface area contributed by atoms with E-state index < -0.39 is 0 Å². The Morgan fingerprint density at radius 2 is 2.00 bits per heavy atom. The van der Waals surface area contributed by atoms with Crippen molar-refractivity contribution in [3.8, 4) is 0 Å². The van der Waals surface area contributed by atoms with Gasteiger partial charge in [0, 0.05) is 17.8 Å². The van der Waals surface area contributed by atoms with Crippen LogP contribution in [0.4, 0.5) is 5.69 Å². The predicted molar refractivity (Wildman–Crippen MR) is 70.2 cm³/mol. The zero-order chi connectivity index (χ0) is 13.2. The molecule has 3 aromatic rings. The minimum Gasteiger partial charge on any atom is -0.316 e. The van der Waals surface area contributed by atoms with Crippen molar-refractivity contribution in [2.75, 3.05) is 5.32 Å². The van der Waals surface area contributed by atoms with Crippen molar-refractivity contribution in [1.82, 2.24) is 14.6 Å². The number of carbonyl (C=O) groups excluding carboxylic acids is 1. The lowest BCUT2D eigenvalue weighted by Crippen LogP contribution is -2.23. The molecule has 0 saturated heterocycles. The highest BCUT2D eigenvalue weighted by molar-refractivity contribution is 6.04. The summed E-state index contributed by atoms with van der Waals surface area (Å²) in [6.07, 6.45) is 2.96. The number of nitrogens with one attached hydrogen (secondary N) is 2. The number of aromatic amines is 1. The molecule has 2 heterocycles. The number of H-pyrrole nitrogens is 1. The summed E-state index contributed by atoms with van der Waals surface area (Å²) in [6.45, 7) is 0. The lowest BCUT2D eigenvalue weighted by atomic mass is 10.2. The first-order chi connectivity index (χ1) is 9.25. The lowest BCUT2D eigenvalue weighted by molar-refractivity contribution is 0.102. The summed E-state index contributed by atoms with van der Waals surface area (Å²) >= 11 is 0. The summed E-state index contributed by atoms with van der Waals surface area (Å²) in [5.41, 5.74) is 0.772. The third kappa shape index (κ3) is 1.99. The Morgan fingerprint density at radius 1 is 1.21 bits per heavy atom. The number of benzene rings is 1. The van der Waals surface area contributed by atoms with Crippen LogP contribution in [0.1, 0.15) is 10.4 Å². The van der Waals surface area contributed by atoms with Crippen LogP contribution in [0, 0.1) is 0 Å². The van der Waals surface area contributed by atoms with Crippen LogP contribution >= 0.6 is 0 Å². The summed E-state index contributed by atoms with van der Waals surface area (Å²) in [6, 6.07) is 10.4. The smallest absolute Gasteiger partial charge is 0.296 e. The van der Waals surface area contributed by atoms with Crippen molar-refractivity contribution < 1.29 is 4.79 Å². The Hall–Kier alpha value is -2.89. The van der Waals surface area contributed by atoms with Crippen LogP contribution < -0.4 is 10.9 Å². The van der Waals surface area contributed by atoms with Crippen LogP contribution in [-0.4, -0.2) is 20.5 Å². The molecule has 1 aromatic carbocycles. The number of hydrogen-bond acceptors (Lipinski definition) is 3. The molecular formula is C13H10N4O2. The maximum absolute atomic E-state index is 12.0. The molecule has 19 heavy (non-hydrogen) atoms. The van der Waals surface area contributed by atoms with Gasteiger partial charge in [0.15, 0.2) is 5.65 Å². The van der Waals surface area contributed by atoms with Crippen molar-refractivity contribution in [3.05, 3.63) is 64.7 Å². The van der Waals surface area contributed by atoms with E-state index in [1.807, 2.05) is 6.07 Å². The number of rotatable bonds is 2. The number of anilines is 1. The summed E-state index contributed by atoms with van der Waals surface area (Å²) in [5, 5.41) is 5.29. The second kappa shape index (κ2) is 4.41. The monoisotopic (exact) mass is 254 g/mol. The fourth-order valence-electron chi connectivity index (χ4n) is 1.77. The van der Waals surface area contributed by atoms with Crippen molar-refractivity contribution in [2.24, 2.45) is 0 Å². The van der Waals surface area contributed by atoms with Gasteiger partial charge in [-0.1, -0.05) is 18.2 Å². The number of aromatic nitrogens is 3. The van der Waals surface area contributed by atoms with Gasteiger partial charge >= 0.3 is 0 Å². The van der Waals surface area contributed by atoms with E-state index in [0.29, 0.717) is 11.2 Å². The number of nitrogens with zero attached hydrogens (tertiary/aromatic N) is 2. The van der Waals surface area contributed by atoms with Gasteiger partial charge in [-0.2, -0.15) is 4.52 Å². The third-order valence-electron chi connectivity index (χ3n) is 2.71. The predicted octanol–water partition coefficient (Wildman–Crippen LogP) is 1.27. The van der Waals surface area contributed by atoms with Crippen molar-refractivity contribution in [2.45, 2.75) is 0 Å². The molecule has 0 saturated carbocycles. The minimum atomic E-state index is -0.348. The zero-order valence-electron chi connectivity index (χ0n) is 9.83. The number of hydrogen-bond donors (Lipinski definition) is 2. The topological polar surface area (TPSA) is 79.3 Å². The van der Waals surface area contributed by atoms with E-state index in [2.05, 4.69) is 15.4 Å². The normalized spacial score (nSPS) is 10.5. The van der Waals surface area contributed by atoms with E-state index in [4.69, 9.17) is 0 Å². The molecule has 0 atom stereocenters. The van der Waals surface area contributed by atoms with Gasteiger partial charge in [-0.3, -0.25) is 14.7 Å². The highest BCUT2D eigenvalue weighted by Gasteiger charge is 2.10. The fraction of sp³-hybridized carbons (Fsp3) is 0. The van der Waals surface area contributed by atoms with Gasteiger partial charge in [0.1, 0.15) is 5.69 Å². The summed E-state index contributed by atoms with van der Waals surface area (Å²) < 4.78 is 1.26. The number of carbonyl (C=O) groups is 1. The Balaban J connectivity index is 1.96. The van der Waals surface area contributed by atoms with E-state index in [1.165, 1.54) is 10.7 Å². The molecule has 0 radical (unpaired) electrons. The number of fused-ring (bicyclic) bond motifs is 1. The molecule has 0 fully saturated rings. The van der Waals surface area contributed by atoms with Crippen LogP contribution in [0.2, 0.25) is 0 Å². The van der Waals surface area contributed by atoms with Crippen LogP contribution in [0.5, 0.6) is 0 Å². The van der Waals surface area contributed by atoms with Crippen molar-refractivity contribution in [1.29, 1.82) is 0 Å². The molecule has 2 aromatic heterocycles. The second-order valence-electron chi connectivity index (χ2n) is 3.95. The molecule has 94 valence electrons. The molecule has 6 nitrogen and oxygen atoms in total. The molecule has 1 amide bonds. The molecule has 0 aliphatic rings. The third-order valence-corrected chi connectivity index (χ3v) is 2.71. The van der Waals surface area contributed by atoms with Crippen molar-refractivity contribution >= 4 is 17.2 Å². The summed E-state index contributed by atoms with van der Waals surface area (Å²) in [7, 11) is 0. The van der Waals surface area contributed by atoms with E-state index >= 15 is 0 Å². The summed E-state index contributed by atoms with van der Waals surface area (Å²) in [5.74, 6) is -0.342. The van der Waals surface area contributed by atoms with E-state index in [-0.39, 0.29) is 17.2 Å². The quantitative estimate of drug-likeness (QED) is 0.722. The average molecular weight is 254 g/mol. The van der Waals surface area contributed by atoms with Gasteiger partial charge in [-0.25, -0.2) is 4.98 Å². The van der Waals surface area contributed by atoms with Gasteiger partial charge in [-0.15, -0.1) is 0 Å². The molecule has 0 bridgehead atoms. The maximum atomic E-state index is 12.0. The molecule has 0 aliphatic heterocycles. The minimum absolute atomic E-state index is 0.133. The highest BCUT2D eigenvalue weighted by atomic mass is 16.2. The fourth-order valence-corrected chi connectivity index (χ4v) is 1.77. The highest BCUT2D eigenvalue weighted by Crippen LogP contribution is 2.04. The zero-order valence-corrected chi connectivity index (χ0v) is 9.83. The first-order valence-corrected chi connectivity index (χ1v) is 5.67. The molecule has 2 N–H and O–H groups in total. The van der Waals surface area contributed by atoms with Gasteiger partial charge < -0.3 is 5.32 Å². The van der Waals surface area contributed by atoms with E-state index in [9.17, 15) is 9.59 Å². The van der Waals surface area contributed by atoms with Crippen LogP contribution in [0.3, 0.4) is 0 Å². The van der Waals surface area contributed by atoms with E-state index in [0.717, 1.165) is 0 Å². The largest absolute Gasteiger partial charge is 0.316 e. The Labute approximate surface area is 107 Å². The molecule has 0 unspecified atom stereocenters.